The molecule has 0 atom stereocenters. The van der Waals surface area contributed by atoms with Crippen molar-refractivity contribution in [3.63, 3.8) is 0 Å². The summed E-state index contributed by atoms with van der Waals surface area (Å²) in [6.45, 7) is 10.7. The Balaban J connectivity index is 1.09. The highest BCUT2D eigenvalue weighted by Crippen LogP contribution is 2.41. The van der Waals surface area contributed by atoms with Crippen molar-refractivity contribution in [1.29, 1.82) is 0 Å². The third-order valence-corrected chi connectivity index (χ3v) is 17.4. The van der Waals surface area contributed by atoms with Gasteiger partial charge < -0.3 is 40.0 Å². The fourth-order valence-electron chi connectivity index (χ4n) is 7.61. The summed E-state index contributed by atoms with van der Waals surface area (Å²) in [6, 6.07) is 23.4. The van der Waals surface area contributed by atoms with Gasteiger partial charge in [0.25, 0.3) is 0 Å². The Bertz CT molecular complexity index is 3130. The zero-order valence-electron chi connectivity index (χ0n) is 39.2. The van der Waals surface area contributed by atoms with Crippen LogP contribution in [-0.2, 0) is 23.8 Å². The van der Waals surface area contributed by atoms with Crippen LogP contribution >= 0.6 is 37.5 Å². The number of methoxy groups -OCH3 is 1. The van der Waals surface area contributed by atoms with E-state index in [1.54, 1.807) is 71.9 Å². The van der Waals surface area contributed by atoms with Crippen molar-refractivity contribution >= 4 is 122 Å². The maximum absolute atomic E-state index is 15.5. The van der Waals surface area contributed by atoms with Crippen molar-refractivity contribution in [1.82, 2.24) is 19.9 Å². The summed E-state index contributed by atoms with van der Waals surface area (Å²) < 4.78 is 73.6. The summed E-state index contributed by atoms with van der Waals surface area (Å²) in [5.74, 6) is -0.509. The number of benzene rings is 4. The fraction of sp³-hybridized carbons (Fsp3) is 0.298. The molecule has 1 saturated heterocycles. The molecule has 0 aliphatic carbocycles. The van der Waals surface area contributed by atoms with Crippen molar-refractivity contribution < 1.29 is 31.5 Å². The smallest absolute Gasteiger partial charge is 0.231 e. The molecule has 2 aromatic heterocycles. The van der Waals surface area contributed by atoms with Crippen LogP contribution in [-0.4, -0.2) is 93.4 Å². The zero-order chi connectivity index (χ0) is 50.0. The van der Waals surface area contributed by atoms with Crippen LogP contribution in [0.4, 0.5) is 62.2 Å². The number of carbonyl (C=O) groups is 1. The lowest BCUT2D eigenvalue weighted by atomic mass is 9.95. The zero-order valence-corrected chi connectivity index (χ0v) is 43.3. The lowest BCUT2D eigenvalue weighted by molar-refractivity contribution is -0.122. The van der Waals surface area contributed by atoms with Gasteiger partial charge in [0.2, 0.25) is 17.8 Å². The van der Waals surface area contributed by atoms with Crippen LogP contribution in [0.15, 0.2) is 96.0 Å². The molecule has 1 fully saturated rings. The van der Waals surface area contributed by atoms with E-state index in [1.807, 2.05) is 42.5 Å². The number of nitrogens with one attached hydrogen (secondary N) is 4. The number of nitrogens with zero attached hydrogens (tertiary/aromatic N) is 6. The van der Waals surface area contributed by atoms with Crippen molar-refractivity contribution in [2.75, 3.05) is 85.0 Å². The second-order valence-corrected chi connectivity index (χ2v) is 27.1. The topological polar surface area (TPSA) is 201 Å². The first-order valence-corrected chi connectivity index (χ1v) is 29.3. The molecule has 7 rings (SSSR count). The number of piperidine rings is 1. The van der Waals surface area contributed by atoms with Crippen molar-refractivity contribution in [3.05, 3.63) is 107 Å². The summed E-state index contributed by atoms with van der Waals surface area (Å²) in [5, 5.41) is 12.8. The van der Waals surface area contributed by atoms with Gasteiger partial charge in [-0.15, -0.1) is 0 Å². The predicted molar refractivity (Wildman–Crippen MR) is 278 cm³/mol. The van der Waals surface area contributed by atoms with Gasteiger partial charge in [-0.25, -0.2) is 17.8 Å². The van der Waals surface area contributed by atoms with E-state index >= 15 is 4.39 Å². The van der Waals surface area contributed by atoms with Crippen LogP contribution in [0.25, 0.3) is 0 Å². The molecule has 0 spiro atoms. The molecule has 0 unspecified atom stereocenters. The molecule has 22 heteroatoms. The monoisotopic (exact) mass is 1040 g/mol. The SMILES string of the molecule is COc1cc(N2CCC(C(=O)N(C)c3nc(Nc4ccc(P(C)(C)=O)cc4F)nc(Nc4ccccc4S(=O)(=O)C(C)C)c3Cl)CC2)ccc1Nc1ncc(Cl)c(Nc2ccccc2P(C)(C)=O)n1. The Morgan fingerprint density at radius 2 is 1.42 bits per heavy atom. The molecule has 4 N–H and O–H groups in total. The van der Waals surface area contributed by atoms with Gasteiger partial charge >= 0.3 is 0 Å². The van der Waals surface area contributed by atoms with Gasteiger partial charge in [-0.3, -0.25) is 9.69 Å². The lowest BCUT2D eigenvalue weighted by Gasteiger charge is -2.34. The summed E-state index contributed by atoms with van der Waals surface area (Å²) in [6.07, 6.45) is 2.42. The lowest BCUT2D eigenvalue weighted by Crippen LogP contribution is -2.41. The first-order chi connectivity index (χ1) is 32.5. The molecular weight excluding hydrogens is 984 g/mol. The molecular formula is C47H53Cl2FN10O6P2S. The van der Waals surface area contributed by atoms with Crippen LogP contribution in [0.3, 0.4) is 0 Å². The quantitative estimate of drug-likeness (QED) is 0.0667. The molecule has 16 nitrogen and oxygen atoms in total. The standard InChI is InChI=1S/C47H53Cl2FN10O6P2S/c1-28(2)69(64,65)40-16-12-10-14-37(40)53-43-41(49)44(58-47(57-43)54-34-20-18-31(26-33(34)50)67(5,6)62)59(3)45(61)29-21-23-60(24-22-29)30-17-19-35(38(25-30)66-4)55-46-51-27-32(48)42(56-46)52-36-13-9-11-15-39(36)68(7,8)63/h9-20,25-29H,21-24H2,1-8H3,(H2,51,52,55,56)(H2,53,54,57,58). The highest BCUT2D eigenvalue weighted by Gasteiger charge is 2.32. The van der Waals surface area contributed by atoms with Crippen molar-refractivity contribution in [2.24, 2.45) is 5.92 Å². The Kier molecular flexibility index (Phi) is 15.3. The van der Waals surface area contributed by atoms with Crippen LogP contribution in [0.5, 0.6) is 5.75 Å². The largest absolute Gasteiger partial charge is 0.494 e. The summed E-state index contributed by atoms with van der Waals surface area (Å²) in [5.41, 5.74) is 2.24. The Labute approximate surface area is 411 Å². The van der Waals surface area contributed by atoms with Gasteiger partial charge in [-0.2, -0.15) is 15.0 Å². The van der Waals surface area contributed by atoms with Crippen LogP contribution in [0, 0.1) is 11.7 Å². The number of halogens is 3. The van der Waals surface area contributed by atoms with Gasteiger partial charge in [-0.1, -0.05) is 47.5 Å². The second kappa shape index (κ2) is 20.7. The summed E-state index contributed by atoms with van der Waals surface area (Å²) in [4.78, 5) is 35.8. The van der Waals surface area contributed by atoms with Crippen LogP contribution < -0.4 is 46.4 Å². The molecule has 1 aliphatic heterocycles. The molecule has 1 amide bonds. The van der Waals surface area contributed by atoms with Gasteiger partial charge in [0, 0.05) is 48.4 Å². The normalized spacial score (nSPS) is 13.5. The number of sulfone groups is 1. The van der Waals surface area contributed by atoms with Crippen LogP contribution in [0.2, 0.25) is 10.0 Å². The van der Waals surface area contributed by atoms with E-state index in [4.69, 9.17) is 27.9 Å². The number of aromatic nitrogens is 4. The first-order valence-electron chi connectivity index (χ1n) is 21.8. The van der Waals surface area contributed by atoms with Crippen LogP contribution in [0.1, 0.15) is 26.7 Å². The number of rotatable bonds is 16. The number of hydrogen-bond acceptors (Lipinski definition) is 15. The Hall–Kier alpha value is -5.77. The Morgan fingerprint density at radius 3 is 2.07 bits per heavy atom. The highest BCUT2D eigenvalue weighted by molar-refractivity contribution is 7.92. The number of amides is 1. The Morgan fingerprint density at radius 1 is 0.797 bits per heavy atom. The molecule has 364 valence electrons. The minimum absolute atomic E-state index is 0.00473. The van der Waals surface area contributed by atoms with Gasteiger partial charge in [0.1, 0.15) is 35.9 Å². The maximum Gasteiger partial charge on any atom is 0.231 e. The van der Waals surface area contributed by atoms with Gasteiger partial charge in [-0.05, 0) is 108 Å². The average molecular weight is 1040 g/mol. The van der Waals surface area contributed by atoms with E-state index in [0.717, 1.165) is 5.69 Å². The van der Waals surface area contributed by atoms with E-state index in [1.165, 1.54) is 36.3 Å². The van der Waals surface area contributed by atoms with E-state index < -0.39 is 41.1 Å². The molecule has 1 aliphatic rings. The molecule has 69 heavy (non-hydrogen) atoms. The third-order valence-electron chi connectivity index (χ3n) is 11.5. The van der Waals surface area contributed by atoms with E-state index in [9.17, 15) is 22.3 Å². The molecule has 0 saturated carbocycles. The number of hydrogen-bond donors (Lipinski definition) is 4. The minimum atomic E-state index is -3.77. The van der Waals surface area contributed by atoms with Crippen molar-refractivity contribution in [3.8, 4) is 5.75 Å². The molecule has 4 aromatic carbocycles. The summed E-state index contributed by atoms with van der Waals surface area (Å²) in [7, 11) is -6.06. The number of carbonyl (C=O) groups excluding carboxylic acids is 1. The molecule has 6 aromatic rings. The number of ether oxygens (including phenoxy) is 1. The van der Waals surface area contributed by atoms with E-state index in [-0.39, 0.29) is 55.8 Å². The molecule has 3 heterocycles. The fourth-order valence-corrected chi connectivity index (χ4v) is 11.2. The summed E-state index contributed by atoms with van der Waals surface area (Å²) >= 11 is 13.5. The van der Waals surface area contributed by atoms with Crippen molar-refractivity contribution in [2.45, 2.75) is 36.8 Å². The van der Waals surface area contributed by atoms with E-state index in [0.29, 0.717) is 59.5 Å². The average Bonchev–Trinajstić information content (AvgIpc) is 3.31. The maximum atomic E-state index is 15.5. The third kappa shape index (κ3) is 11.6. The van der Waals surface area contributed by atoms with E-state index in [2.05, 4.69) is 46.1 Å². The number of para-hydroxylation sites is 2. The second-order valence-electron chi connectivity index (χ2n) is 17.4. The highest BCUT2D eigenvalue weighted by atomic mass is 35.5. The first kappa shape index (κ1) is 51.1. The predicted octanol–water partition coefficient (Wildman–Crippen LogP) is 10.3. The molecule has 0 radical (unpaired) electrons. The number of anilines is 10. The molecule has 0 bridgehead atoms. The minimum Gasteiger partial charge on any atom is -0.494 e. The van der Waals surface area contributed by atoms with Gasteiger partial charge in [0.15, 0.2) is 27.3 Å². The van der Waals surface area contributed by atoms with Gasteiger partial charge in [0.05, 0.1) is 46.2 Å².